The van der Waals surface area contributed by atoms with Crippen molar-refractivity contribution in [3.05, 3.63) is 12.2 Å². The van der Waals surface area contributed by atoms with E-state index in [0.29, 0.717) is 12.8 Å². The van der Waals surface area contributed by atoms with Crippen molar-refractivity contribution in [1.29, 1.82) is 0 Å². The highest BCUT2D eigenvalue weighted by Crippen LogP contribution is 2.24. The highest BCUT2D eigenvalue weighted by Gasteiger charge is 2.32. The zero-order chi connectivity index (χ0) is 9.14. The summed E-state index contributed by atoms with van der Waals surface area (Å²) in [5, 5.41) is 17.3. The summed E-state index contributed by atoms with van der Waals surface area (Å²) < 4.78 is 0. The fraction of sp³-hybridized carbons (Fsp3) is 0.500. The van der Waals surface area contributed by atoms with E-state index in [1.807, 2.05) is 0 Å². The largest absolute Gasteiger partial charge is 0.481 e. The monoisotopic (exact) mass is 330 g/mol. The Morgan fingerprint density at radius 3 is 2.07 bits per heavy atom. The van der Waals surface area contributed by atoms with Gasteiger partial charge < -0.3 is 10.2 Å². The normalized spacial score (nSPS) is 24.3. The molecule has 0 aliphatic heterocycles. The third-order valence-electron chi connectivity index (χ3n) is 2.02. The minimum absolute atomic E-state index is 0. The van der Waals surface area contributed by atoms with E-state index in [0.717, 1.165) is 0 Å². The summed E-state index contributed by atoms with van der Waals surface area (Å²) in [5.41, 5.74) is 0. The van der Waals surface area contributed by atoms with Gasteiger partial charge in [0.2, 0.25) is 0 Å². The maximum Gasteiger partial charge on any atom is 0.311 e. The summed E-state index contributed by atoms with van der Waals surface area (Å²) in [6, 6.07) is 0. The molecule has 1 aliphatic rings. The number of halogens is 2. The van der Waals surface area contributed by atoms with Crippen LogP contribution < -0.4 is 0 Å². The van der Waals surface area contributed by atoms with Crippen LogP contribution >= 0.6 is 34.0 Å². The first-order chi connectivity index (χ1) is 5.63. The molecule has 6 heteroatoms. The van der Waals surface area contributed by atoms with Crippen LogP contribution in [0, 0.1) is 11.8 Å². The van der Waals surface area contributed by atoms with E-state index in [-0.39, 0.29) is 34.0 Å². The van der Waals surface area contributed by atoms with Gasteiger partial charge in [-0.25, -0.2) is 0 Å². The quantitative estimate of drug-likeness (QED) is 0.758. The predicted molar refractivity (Wildman–Crippen MR) is 61.3 cm³/mol. The van der Waals surface area contributed by atoms with Gasteiger partial charge in [0, 0.05) is 0 Å². The molecule has 1 aliphatic carbocycles. The first-order valence-corrected chi connectivity index (χ1v) is 3.75. The van der Waals surface area contributed by atoms with E-state index < -0.39 is 23.8 Å². The Kier molecular flexibility index (Phi) is 8.04. The van der Waals surface area contributed by atoms with Gasteiger partial charge in [-0.2, -0.15) is 0 Å². The molecule has 0 saturated heterocycles. The Morgan fingerprint density at radius 2 is 1.71 bits per heavy atom. The van der Waals surface area contributed by atoms with Crippen LogP contribution in [-0.2, 0) is 9.59 Å². The molecule has 14 heavy (non-hydrogen) atoms. The van der Waals surface area contributed by atoms with E-state index in [2.05, 4.69) is 0 Å². The molecule has 0 heterocycles. The minimum Gasteiger partial charge on any atom is -0.481 e. The van der Waals surface area contributed by atoms with Crippen molar-refractivity contribution in [2.75, 3.05) is 0 Å². The van der Waals surface area contributed by atoms with Crippen molar-refractivity contribution in [3.63, 3.8) is 0 Å². The average molecular weight is 332 g/mol. The van der Waals surface area contributed by atoms with Gasteiger partial charge in [-0.3, -0.25) is 9.59 Å². The van der Waals surface area contributed by atoms with Crippen LogP contribution in [0.1, 0.15) is 12.8 Å². The van der Waals surface area contributed by atoms with Gasteiger partial charge in [0.1, 0.15) is 0 Å². The molecule has 0 aromatic rings. The van der Waals surface area contributed by atoms with E-state index in [1.165, 1.54) is 6.08 Å². The summed E-state index contributed by atoms with van der Waals surface area (Å²) in [6.45, 7) is 0. The van der Waals surface area contributed by atoms with Gasteiger partial charge in [-0.15, -0.1) is 34.0 Å². The molecule has 0 fully saturated rings. The third kappa shape index (κ3) is 3.79. The predicted octanol–water partition coefficient (Wildman–Crippen LogP) is 1.89. The molecule has 0 radical (unpaired) electrons. The number of carbonyl (C=O) groups is 2. The first kappa shape index (κ1) is 16.1. The maximum atomic E-state index is 10.6. The van der Waals surface area contributed by atoms with Crippen molar-refractivity contribution in [1.82, 2.24) is 0 Å². The molecule has 1 rings (SSSR count). The van der Waals surface area contributed by atoms with E-state index in [9.17, 15) is 9.59 Å². The van der Waals surface area contributed by atoms with Crippen LogP contribution in [0.5, 0.6) is 0 Å². The fourth-order valence-corrected chi connectivity index (χ4v) is 1.36. The Balaban J connectivity index is 0. The molecule has 2 N–H and O–H groups in total. The topological polar surface area (TPSA) is 74.6 Å². The summed E-state index contributed by atoms with van der Waals surface area (Å²) >= 11 is 0. The molecule has 0 saturated carbocycles. The molecule has 0 aromatic heterocycles. The molecular formula is C8H12Br2O4. The Morgan fingerprint density at radius 1 is 1.14 bits per heavy atom. The molecule has 0 aromatic carbocycles. The van der Waals surface area contributed by atoms with Crippen LogP contribution in [-0.4, -0.2) is 22.2 Å². The Hall–Kier alpha value is -0.360. The molecule has 82 valence electrons. The zero-order valence-corrected chi connectivity index (χ0v) is 10.7. The van der Waals surface area contributed by atoms with E-state index in [1.54, 1.807) is 6.08 Å². The van der Waals surface area contributed by atoms with Gasteiger partial charge >= 0.3 is 11.9 Å². The Labute approximate surface area is 103 Å². The number of hydrogen-bond acceptors (Lipinski definition) is 2. The lowest BCUT2D eigenvalue weighted by molar-refractivity contribution is -0.152. The maximum absolute atomic E-state index is 10.6. The first-order valence-electron chi connectivity index (χ1n) is 3.75. The summed E-state index contributed by atoms with van der Waals surface area (Å²) in [4.78, 5) is 21.1. The summed E-state index contributed by atoms with van der Waals surface area (Å²) in [6.07, 6.45) is 4.26. The minimum atomic E-state index is -1.06. The van der Waals surface area contributed by atoms with E-state index >= 15 is 0 Å². The van der Waals surface area contributed by atoms with Crippen LogP contribution in [0.25, 0.3) is 0 Å². The van der Waals surface area contributed by atoms with Crippen molar-refractivity contribution in [2.24, 2.45) is 11.8 Å². The molecule has 0 bridgehead atoms. The number of carboxylic acid groups (broad SMARTS) is 2. The van der Waals surface area contributed by atoms with Crippen LogP contribution in [0.2, 0.25) is 0 Å². The number of hydrogen-bond donors (Lipinski definition) is 2. The van der Waals surface area contributed by atoms with Crippen molar-refractivity contribution in [2.45, 2.75) is 12.8 Å². The van der Waals surface area contributed by atoms with Gasteiger partial charge in [0.25, 0.3) is 0 Å². The molecular weight excluding hydrogens is 320 g/mol. The van der Waals surface area contributed by atoms with Gasteiger partial charge in [-0.05, 0) is 12.8 Å². The molecule has 0 spiro atoms. The second kappa shape index (κ2) is 7.00. The van der Waals surface area contributed by atoms with Crippen molar-refractivity contribution < 1.29 is 19.8 Å². The highest BCUT2D eigenvalue weighted by molar-refractivity contribution is 8.93. The molecule has 2 atom stereocenters. The zero-order valence-electron chi connectivity index (χ0n) is 7.25. The number of allylic oxidation sites excluding steroid dienone is 1. The number of aliphatic carboxylic acids is 2. The number of carboxylic acids is 2. The van der Waals surface area contributed by atoms with Gasteiger partial charge in [0.15, 0.2) is 0 Å². The average Bonchev–Trinajstić information content (AvgIpc) is 2.04. The molecule has 2 unspecified atom stereocenters. The second-order valence-electron chi connectivity index (χ2n) is 2.81. The fourth-order valence-electron chi connectivity index (χ4n) is 1.36. The van der Waals surface area contributed by atoms with Crippen LogP contribution in [0.3, 0.4) is 0 Å². The lowest BCUT2D eigenvalue weighted by atomic mass is 9.84. The van der Waals surface area contributed by atoms with Crippen molar-refractivity contribution in [3.8, 4) is 0 Å². The van der Waals surface area contributed by atoms with Gasteiger partial charge in [0.05, 0.1) is 11.8 Å². The second-order valence-corrected chi connectivity index (χ2v) is 2.81. The summed E-state index contributed by atoms with van der Waals surface area (Å²) in [7, 11) is 0. The van der Waals surface area contributed by atoms with Crippen molar-refractivity contribution >= 4 is 45.9 Å². The third-order valence-corrected chi connectivity index (χ3v) is 2.02. The standard InChI is InChI=1S/C8H10O4.2BrH/c9-7(10)5-3-1-2-4-6(5)8(11)12;;/h1,3,5-6H,2,4H2,(H,9,10)(H,11,12);2*1H. The smallest absolute Gasteiger partial charge is 0.311 e. The molecule has 0 amide bonds. The Bertz CT molecular complexity index is 239. The molecule has 4 nitrogen and oxygen atoms in total. The highest BCUT2D eigenvalue weighted by atomic mass is 79.9. The lowest BCUT2D eigenvalue weighted by Gasteiger charge is -2.19. The van der Waals surface area contributed by atoms with E-state index in [4.69, 9.17) is 10.2 Å². The van der Waals surface area contributed by atoms with Crippen LogP contribution in [0.4, 0.5) is 0 Å². The lowest BCUT2D eigenvalue weighted by Crippen LogP contribution is -2.30. The SMILES string of the molecule is Br.Br.O=C(O)C1C=CCCC1C(=O)O. The summed E-state index contributed by atoms with van der Waals surface area (Å²) in [5.74, 6) is -3.69. The number of rotatable bonds is 2. The van der Waals surface area contributed by atoms with Gasteiger partial charge in [-0.1, -0.05) is 12.2 Å². The van der Waals surface area contributed by atoms with Crippen LogP contribution in [0.15, 0.2) is 12.2 Å².